The maximum atomic E-state index is 5.45. The predicted molar refractivity (Wildman–Crippen MR) is 80.4 cm³/mol. The molecular formula is C11H19N5S2. The molecule has 0 radical (unpaired) electrons. The molecule has 0 saturated carbocycles. The zero-order valence-electron chi connectivity index (χ0n) is 10.7. The molecule has 2 heterocycles. The Morgan fingerprint density at radius 2 is 2.44 bits per heavy atom. The Hall–Kier alpha value is -0.660. The average Bonchev–Trinajstić information content (AvgIpc) is 2.46. The van der Waals surface area contributed by atoms with Crippen molar-refractivity contribution in [1.82, 2.24) is 9.97 Å². The summed E-state index contributed by atoms with van der Waals surface area (Å²) in [7, 11) is 0. The number of nitrogens with two attached hydrogens (primary N) is 1. The van der Waals surface area contributed by atoms with Crippen LogP contribution in [0, 0.1) is 0 Å². The molecule has 3 N–H and O–H groups in total. The van der Waals surface area contributed by atoms with E-state index in [9.17, 15) is 0 Å². The Bertz CT molecular complexity index is 379. The van der Waals surface area contributed by atoms with Gasteiger partial charge < -0.3 is 10.3 Å². The fourth-order valence-electron chi connectivity index (χ4n) is 1.91. The topological polar surface area (TPSA) is 67.1 Å². The highest BCUT2D eigenvalue weighted by Gasteiger charge is 2.20. The molecule has 0 aromatic carbocycles. The average molecular weight is 285 g/mol. The maximum absolute atomic E-state index is 5.45. The van der Waals surface area contributed by atoms with E-state index in [0.717, 1.165) is 29.8 Å². The number of rotatable bonds is 4. The smallest absolute Gasteiger partial charge is 0.191 e. The molecule has 1 saturated heterocycles. The SMILES string of the molecule is CCC1CN(c2cc(NN)nc(SC)n2)CCS1. The molecule has 2 rings (SSSR count). The summed E-state index contributed by atoms with van der Waals surface area (Å²) in [4.78, 5) is 11.2. The number of thioether (sulfide) groups is 2. The van der Waals surface area contributed by atoms with E-state index in [-0.39, 0.29) is 0 Å². The lowest BCUT2D eigenvalue weighted by Gasteiger charge is -2.33. The van der Waals surface area contributed by atoms with Gasteiger partial charge in [0.2, 0.25) is 0 Å². The Balaban J connectivity index is 2.20. The van der Waals surface area contributed by atoms with Crippen LogP contribution in [0.15, 0.2) is 11.2 Å². The van der Waals surface area contributed by atoms with Gasteiger partial charge in [-0.2, -0.15) is 11.8 Å². The molecular weight excluding hydrogens is 266 g/mol. The van der Waals surface area contributed by atoms with Crippen LogP contribution in [0.25, 0.3) is 0 Å². The first-order valence-corrected chi connectivity index (χ1v) is 8.30. The Kier molecular flexibility index (Phi) is 4.96. The van der Waals surface area contributed by atoms with Gasteiger partial charge in [0.05, 0.1) is 0 Å². The van der Waals surface area contributed by atoms with E-state index >= 15 is 0 Å². The zero-order chi connectivity index (χ0) is 13.0. The molecule has 1 aromatic rings. The van der Waals surface area contributed by atoms with Gasteiger partial charge in [0.1, 0.15) is 11.6 Å². The van der Waals surface area contributed by atoms with Crippen molar-refractivity contribution in [3.8, 4) is 0 Å². The molecule has 100 valence electrons. The number of aromatic nitrogens is 2. The quantitative estimate of drug-likeness (QED) is 0.378. The van der Waals surface area contributed by atoms with Gasteiger partial charge in [-0.1, -0.05) is 18.7 Å². The van der Waals surface area contributed by atoms with E-state index in [2.05, 4.69) is 39.0 Å². The highest BCUT2D eigenvalue weighted by Crippen LogP contribution is 2.26. The lowest BCUT2D eigenvalue weighted by molar-refractivity contribution is 0.713. The second-order valence-electron chi connectivity index (χ2n) is 4.09. The molecule has 1 unspecified atom stereocenters. The molecule has 0 spiro atoms. The first-order valence-electron chi connectivity index (χ1n) is 6.03. The van der Waals surface area contributed by atoms with Crippen molar-refractivity contribution in [2.75, 3.05) is 35.4 Å². The summed E-state index contributed by atoms with van der Waals surface area (Å²) in [6.07, 6.45) is 3.17. The Morgan fingerprint density at radius 1 is 1.61 bits per heavy atom. The molecule has 1 atom stereocenters. The van der Waals surface area contributed by atoms with Crippen molar-refractivity contribution < 1.29 is 0 Å². The highest BCUT2D eigenvalue weighted by atomic mass is 32.2. The van der Waals surface area contributed by atoms with Crippen molar-refractivity contribution in [2.24, 2.45) is 5.84 Å². The molecule has 0 amide bonds. The zero-order valence-corrected chi connectivity index (χ0v) is 12.4. The lowest BCUT2D eigenvalue weighted by atomic mass is 10.3. The normalized spacial score (nSPS) is 19.9. The van der Waals surface area contributed by atoms with E-state index in [4.69, 9.17) is 5.84 Å². The standard InChI is InChI=1S/C11H19N5S2/c1-3-8-7-16(4-5-18-8)10-6-9(15-12)13-11(14-10)17-2/h6,8H,3-5,7,12H2,1-2H3,(H,13,14,15). The number of hydrazine groups is 1. The molecule has 18 heavy (non-hydrogen) atoms. The molecule has 7 heteroatoms. The van der Waals surface area contributed by atoms with Crippen LogP contribution in [-0.2, 0) is 0 Å². The van der Waals surface area contributed by atoms with Crippen LogP contribution in [0.3, 0.4) is 0 Å². The molecule has 1 aliphatic rings. The van der Waals surface area contributed by atoms with Crippen LogP contribution in [0.4, 0.5) is 11.6 Å². The van der Waals surface area contributed by atoms with Crippen LogP contribution in [0.2, 0.25) is 0 Å². The minimum atomic E-state index is 0.677. The highest BCUT2D eigenvalue weighted by molar-refractivity contribution is 8.00. The molecule has 1 fully saturated rings. The molecule has 1 aliphatic heterocycles. The van der Waals surface area contributed by atoms with E-state index < -0.39 is 0 Å². The minimum absolute atomic E-state index is 0.677. The fourth-order valence-corrected chi connectivity index (χ4v) is 3.47. The van der Waals surface area contributed by atoms with Crippen molar-refractivity contribution in [2.45, 2.75) is 23.8 Å². The summed E-state index contributed by atoms with van der Waals surface area (Å²) in [6.45, 7) is 4.33. The molecule has 5 nitrogen and oxygen atoms in total. The summed E-state index contributed by atoms with van der Waals surface area (Å²) in [6, 6.07) is 1.92. The third-order valence-electron chi connectivity index (χ3n) is 2.94. The van der Waals surface area contributed by atoms with Gasteiger partial charge in [-0.3, -0.25) is 0 Å². The van der Waals surface area contributed by atoms with Gasteiger partial charge in [0, 0.05) is 30.2 Å². The van der Waals surface area contributed by atoms with Gasteiger partial charge in [-0.15, -0.1) is 0 Å². The molecule has 0 bridgehead atoms. The van der Waals surface area contributed by atoms with E-state index in [0.29, 0.717) is 11.1 Å². The molecule has 1 aromatic heterocycles. The van der Waals surface area contributed by atoms with Crippen molar-refractivity contribution >= 4 is 35.2 Å². The number of hydrogen-bond acceptors (Lipinski definition) is 7. The maximum Gasteiger partial charge on any atom is 0.191 e. The summed E-state index contributed by atoms with van der Waals surface area (Å²) in [5.41, 5.74) is 2.61. The van der Waals surface area contributed by atoms with E-state index in [1.807, 2.05) is 12.3 Å². The lowest BCUT2D eigenvalue weighted by Crippen LogP contribution is -2.38. The first kappa shape index (κ1) is 13.8. The largest absolute Gasteiger partial charge is 0.354 e. The van der Waals surface area contributed by atoms with Crippen molar-refractivity contribution in [3.05, 3.63) is 6.07 Å². The summed E-state index contributed by atoms with van der Waals surface area (Å²) in [5.74, 6) is 8.26. The monoisotopic (exact) mass is 285 g/mol. The van der Waals surface area contributed by atoms with Crippen LogP contribution < -0.4 is 16.2 Å². The Labute approximate surface area is 116 Å². The number of nitrogens with one attached hydrogen (secondary N) is 1. The number of nitrogen functional groups attached to an aromatic ring is 1. The Morgan fingerprint density at radius 3 is 3.11 bits per heavy atom. The van der Waals surface area contributed by atoms with Crippen molar-refractivity contribution in [3.63, 3.8) is 0 Å². The van der Waals surface area contributed by atoms with Gasteiger partial charge in [-0.05, 0) is 12.7 Å². The summed E-state index contributed by atoms with van der Waals surface area (Å²) >= 11 is 3.58. The number of nitrogens with zero attached hydrogens (tertiary/aromatic N) is 3. The van der Waals surface area contributed by atoms with E-state index in [1.165, 1.54) is 18.2 Å². The van der Waals surface area contributed by atoms with Crippen LogP contribution in [0.1, 0.15) is 13.3 Å². The van der Waals surface area contributed by atoms with Crippen LogP contribution in [-0.4, -0.2) is 40.3 Å². The van der Waals surface area contributed by atoms with Crippen LogP contribution >= 0.6 is 23.5 Å². The van der Waals surface area contributed by atoms with E-state index in [1.54, 1.807) is 0 Å². The van der Waals surface area contributed by atoms with Gasteiger partial charge >= 0.3 is 0 Å². The minimum Gasteiger partial charge on any atom is -0.354 e. The summed E-state index contributed by atoms with van der Waals surface area (Å²) < 4.78 is 0. The number of anilines is 2. The van der Waals surface area contributed by atoms with Gasteiger partial charge in [0.15, 0.2) is 5.16 Å². The van der Waals surface area contributed by atoms with Gasteiger partial charge in [-0.25, -0.2) is 15.8 Å². The summed E-state index contributed by atoms with van der Waals surface area (Å²) in [5, 5.41) is 1.45. The third kappa shape index (κ3) is 3.21. The number of hydrogen-bond donors (Lipinski definition) is 2. The molecule has 0 aliphatic carbocycles. The first-order chi connectivity index (χ1) is 8.76. The fraction of sp³-hybridized carbons (Fsp3) is 0.636. The predicted octanol–water partition coefficient (Wildman–Crippen LogP) is 1.82. The van der Waals surface area contributed by atoms with Gasteiger partial charge in [0.25, 0.3) is 0 Å². The second kappa shape index (κ2) is 6.49. The van der Waals surface area contributed by atoms with Crippen molar-refractivity contribution in [1.29, 1.82) is 0 Å². The second-order valence-corrected chi connectivity index (χ2v) is 6.27. The third-order valence-corrected chi connectivity index (χ3v) is 4.86. The van der Waals surface area contributed by atoms with Crippen LogP contribution in [0.5, 0.6) is 0 Å².